The van der Waals surface area contributed by atoms with Crippen LogP contribution < -0.4 is 25.8 Å². The number of carbonyl (C=O) groups excluding carboxylic acids is 3. The molecule has 2 aromatic rings. The molecule has 2 aromatic carbocycles. The van der Waals surface area contributed by atoms with Gasteiger partial charge in [-0.2, -0.15) is 0 Å². The predicted octanol–water partition coefficient (Wildman–Crippen LogP) is 1.96. The van der Waals surface area contributed by atoms with Crippen molar-refractivity contribution in [3.05, 3.63) is 59.7 Å². The zero-order valence-corrected chi connectivity index (χ0v) is 16.2. The van der Waals surface area contributed by atoms with Crippen LogP contribution in [-0.2, 0) is 9.59 Å². The first kappa shape index (κ1) is 21.5. The maximum absolute atomic E-state index is 12.1. The van der Waals surface area contributed by atoms with E-state index in [1.54, 1.807) is 37.5 Å². The van der Waals surface area contributed by atoms with E-state index < -0.39 is 11.8 Å². The summed E-state index contributed by atoms with van der Waals surface area (Å²) in [5.41, 5.74) is 6.64. The van der Waals surface area contributed by atoms with Crippen molar-refractivity contribution in [3.63, 3.8) is 0 Å². The van der Waals surface area contributed by atoms with Gasteiger partial charge >= 0.3 is 0 Å². The summed E-state index contributed by atoms with van der Waals surface area (Å²) < 4.78 is 10.7. The SMILES string of the molecule is CCOc1ccc(/C=C/C(=O)Nc2ccc(C(=O)NCC(N)=O)cc2)cc1OC. The number of hydrogen-bond acceptors (Lipinski definition) is 5. The summed E-state index contributed by atoms with van der Waals surface area (Å²) in [6, 6.07) is 11.6. The van der Waals surface area contributed by atoms with Crippen molar-refractivity contribution in [2.45, 2.75) is 6.92 Å². The quantitative estimate of drug-likeness (QED) is 0.559. The lowest BCUT2D eigenvalue weighted by Crippen LogP contribution is -2.33. The van der Waals surface area contributed by atoms with Crippen LogP contribution in [-0.4, -0.2) is 38.0 Å². The van der Waals surface area contributed by atoms with Crippen LogP contribution >= 0.6 is 0 Å². The van der Waals surface area contributed by atoms with E-state index in [4.69, 9.17) is 15.2 Å². The molecule has 0 aliphatic carbocycles. The number of rotatable bonds is 9. The Bertz CT molecular complexity index is 907. The highest BCUT2D eigenvalue weighted by Gasteiger charge is 2.07. The number of nitrogens with one attached hydrogen (secondary N) is 2. The molecule has 0 radical (unpaired) electrons. The van der Waals surface area contributed by atoms with Gasteiger partial charge in [0.05, 0.1) is 20.3 Å². The summed E-state index contributed by atoms with van der Waals surface area (Å²) in [5.74, 6) is -0.162. The second kappa shape index (κ2) is 10.5. The van der Waals surface area contributed by atoms with E-state index in [0.29, 0.717) is 29.4 Å². The smallest absolute Gasteiger partial charge is 0.251 e. The summed E-state index contributed by atoms with van der Waals surface area (Å²) in [5, 5.41) is 5.09. The Morgan fingerprint density at radius 2 is 1.79 bits per heavy atom. The maximum Gasteiger partial charge on any atom is 0.251 e. The summed E-state index contributed by atoms with van der Waals surface area (Å²) in [7, 11) is 1.55. The highest BCUT2D eigenvalue weighted by Crippen LogP contribution is 2.28. The van der Waals surface area contributed by atoms with Gasteiger partial charge in [-0.1, -0.05) is 6.07 Å². The molecule has 0 aromatic heterocycles. The Morgan fingerprint density at radius 3 is 2.41 bits per heavy atom. The van der Waals surface area contributed by atoms with Gasteiger partial charge in [-0.25, -0.2) is 0 Å². The minimum Gasteiger partial charge on any atom is -0.493 e. The Hall–Kier alpha value is -3.81. The van der Waals surface area contributed by atoms with Gasteiger partial charge in [0.2, 0.25) is 11.8 Å². The monoisotopic (exact) mass is 397 g/mol. The fourth-order valence-electron chi connectivity index (χ4n) is 2.39. The van der Waals surface area contributed by atoms with Gasteiger partial charge in [-0.15, -0.1) is 0 Å². The predicted molar refractivity (Wildman–Crippen MR) is 110 cm³/mol. The Labute approximate surface area is 168 Å². The van der Waals surface area contributed by atoms with Crippen molar-refractivity contribution in [2.75, 3.05) is 25.6 Å². The van der Waals surface area contributed by atoms with Crippen LogP contribution in [0.3, 0.4) is 0 Å². The van der Waals surface area contributed by atoms with E-state index in [9.17, 15) is 14.4 Å². The van der Waals surface area contributed by atoms with E-state index in [2.05, 4.69) is 10.6 Å². The van der Waals surface area contributed by atoms with Crippen molar-refractivity contribution < 1.29 is 23.9 Å². The molecule has 152 valence electrons. The molecule has 4 N–H and O–H groups in total. The zero-order valence-electron chi connectivity index (χ0n) is 16.2. The lowest BCUT2D eigenvalue weighted by molar-refractivity contribution is -0.117. The number of amides is 3. The number of carbonyl (C=O) groups is 3. The molecule has 0 fully saturated rings. The number of primary amides is 1. The molecule has 0 aliphatic rings. The molecule has 0 heterocycles. The number of ether oxygens (including phenoxy) is 2. The number of nitrogens with two attached hydrogens (primary N) is 1. The molecule has 0 unspecified atom stereocenters. The van der Waals surface area contributed by atoms with Crippen molar-refractivity contribution in [1.29, 1.82) is 0 Å². The first-order valence-electron chi connectivity index (χ1n) is 8.89. The van der Waals surface area contributed by atoms with Crippen LogP contribution in [0.2, 0.25) is 0 Å². The van der Waals surface area contributed by atoms with E-state index in [-0.39, 0.29) is 12.5 Å². The largest absolute Gasteiger partial charge is 0.493 e. The number of anilines is 1. The number of benzene rings is 2. The van der Waals surface area contributed by atoms with Gasteiger partial charge < -0.3 is 25.8 Å². The Balaban J connectivity index is 1.96. The van der Waals surface area contributed by atoms with Crippen molar-refractivity contribution in [3.8, 4) is 11.5 Å². The van der Waals surface area contributed by atoms with Gasteiger partial charge in [0.25, 0.3) is 5.91 Å². The second-order valence-corrected chi connectivity index (χ2v) is 5.89. The average molecular weight is 397 g/mol. The Kier molecular flexibility index (Phi) is 7.78. The summed E-state index contributed by atoms with van der Waals surface area (Å²) in [6.07, 6.45) is 3.04. The lowest BCUT2D eigenvalue weighted by atomic mass is 10.1. The fraction of sp³-hybridized carbons (Fsp3) is 0.190. The fourth-order valence-corrected chi connectivity index (χ4v) is 2.39. The molecule has 8 nitrogen and oxygen atoms in total. The van der Waals surface area contributed by atoms with Crippen molar-refractivity contribution >= 4 is 29.5 Å². The lowest BCUT2D eigenvalue weighted by Gasteiger charge is -2.09. The normalized spacial score (nSPS) is 10.4. The van der Waals surface area contributed by atoms with Crippen molar-refractivity contribution in [1.82, 2.24) is 5.32 Å². The van der Waals surface area contributed by atoms with Gasteiger partial charge in [-0.05, 0) is 55.0 Å². The second-order valence-electron chi connectivity index (χ2n) is 5.89. The third-order valence-electron chi connectivity index (χ3n) is 3.75. The third kappa shape index (κ3) is 6.69. The zero-order chi connectivity index (χ0) is 21.2. The number of methoxy groups -OCH3 is 1. The Morgan fingerprint density at radius 1 is 1.07 bits per heavy atom. The average Bonchev–Trinajstić information content (AvgIpc) is 2.72. The molecule has 8 heteroatoms. The highest BCUT2D eigenvalue weighted by molar-refractivity contribution is 6.02. The van der Waals surface area contributed by atoms with E-state index in [0.717, 1.165) is 5.56 Å². The van der Waals surface area contributed by atoms with Gasteiger partial charge in [0, 0.05) is 17.3 Å². The standard InChI is InChI=1S/C21H23N3O5/c1-3-29-17-10-4-14(12-18(17)28-2)5-11-20(26)24-16-8-6-15(7-9-16)21(27)23-13-19(22)25/h4-12H,3,13H2,1-2H3,(H2,22,25)(H,23,27)(H,24,26)/b11-5+. The van der Waals surface area contributed by atoms with E-state index in [1.165, 1.54) is 18.2 Å². The van der Waals surface area contributed by atoms with Crippen molar-refractivity contribution in [2.24, 2.45) is 5.73 Å². The molecule has 29 heavy (non-hydrogen) atoms. The third-order valence-corrected chi connectivity index (χ3v) is 3.75. The molecular formula is C21H23N3O5. The minimum atomic E-state index is -0.626. The molecule has 0 aliphatic heterocycles. The maximum atomic E-state index is 12.1. The topological polar surface area (TPSA) is 120 Å². The summed E-state index contributed by atoms with van der Waals surface area (Å²) in [6.45, 7) is 2.18. The van der Waals surface area contributed by atoms with Crippen LogP contribution in [0, 0.1) is 0 Å². The first-order chi connectivity index (χ1) is 13.9. The highest BCUT2D eigenvalue weighted by atomic mass is 16.5. The molecule has 2 rings (SSSR count). The minimum absolute atomic E-state index is 0.238. The molecule has 0 atom stereocenters. The molecule has 3 amide bonds. The molecule has 0 spiro atoms. The van der Waals surface area contributed by atoms with Gasteiger partial charge in [-0.3, -0.25) is 14.4 Å². The molecule has 0 saturated heterocycles. The summed E-state index contributed by atoms with van der Waals surface area (Å²) in [4.78, 5) is 34.6. The van der Waals surface area contributed by atoms with Crippen LogP contribution in [0.15, 0.2) is 48.5 Å². The van der Waals surface area contributed by atoms with Crippen LogP contribution in [0.1, 0.15) is 22.8 Å². The summed E-state index contributed by atoms with van der Waals surface area (Å²) >= 11 is 0. The van der Waals surface area contributed by atoms with E-state index >= 15 is 0 Å². The number of hydrogen-bond donors (Lipinski definition) is 3. The van der Waals surface area contributed by atoms with Gasteiger partial charge in [0.15, 0.2) is 11.5 Å². The van der Waals surface area contributed by atoms with Crippen LogP contribution in [0.25, 0.3) is 6.08 Å². The molecular weight excluding hydrogens is 374 g/mol. The van der Waals surface area contributed by atoms with Crippen LogP contribution in [0.5, 0.6) is 11.5 Å². The van der Waals surface area contributed by atoms with E-state index in [1.807, 2.05) is 13.0 Å². The van der Waals surface area contributed by atoms with Gasteiger partial charge in [0.1, 0.15) is 0 Å². The first-order valence-corrected chi connectivity index (χ1v) is 8.89. The van der Waals surface area contributed by atoms with Crippen LogP contribution in [0.4, 0.5) is 5.69 Å². The molecule has 0 saturated carbocycles. The molecule has 0 bridgehead atoms.